The lowest BCUT2D eigenvalue weighted by Crippen LogP contribution is -2.30. The van der Waals surface area contributed by atoms with Crippen molar-refractivity contribution in [2.45, 2.75) is 13.3 Å². The van der Waals surface area contributed by atoms with Crippen LogP contribution in [0.4, 0.5) is 0 Å². The number of rotatable bonds is 7. The van der Waals surface area contributed by atoms with Gasteiger partial charge in [-0.1, -0.05) is 36.4 Å². The molecule has 0 radical (unpaired) electrons. The van der Waals surface area contributed by atoms with Crippen LogP contribution in [0.1, 0.15) is 16.1 Å². The molecule has 0 bridgehead atoms. The van der Waals surface area contributed by atoms with Crippen LogP contribution in [0.15, 0.2) is 53.9 Å². The number of hydrogen-bond acceptors (Lipinski definition) is 5. The minimum Gasteiger partial charge on any atom is -0.482 e. The first-order valence-electron chi connectivity index (χ1n) is 8.56. The normalized spacial score (nSPS) is 10.2. The number of hydrogen-bond donors (Lipinski definition) is 1. The molecule has 0 aliphatic rings. The standard InChI is InChI=1S/C21H19N3O2S/c1-15-24-19(14-27-15)17-8-6-16(7-9-17)10-11-23-21(25)13-26-20-5-3-2-4-18(20)12-22/h2-9,14H,10-11,13H2,1H3,(H,23,25). The molecule has 0 spiro atoms. The molecule has 6 heteroatoms. The number of nitrogens with zero attached hydrogens (tertiary/aromatic N) is 2. The van der Waals surface area contributed by atoms with E-state index in [1.54, 1.807) is 35.6 Å². The van der Waals surface area contributed by atoms with Gasteiger partial charge in [0.1, 0.15) is 11.8 Å². The molecular weight excluding hydrogens is 358 g/mol. The highest BCUT2D eigenvalue weighted by Gasteiger charge is 2.06. The Morgan fingerprint density at radius 2 is 2.00 bits per heavy atom. The van der Waals surface area contributed by atoms with E-state index in [0.29, 0.717) is 17.9 Å². The Kier molecular flexibility index (Phi) is 6.18. The van der Waals surface area contributed by atoms with Gasteiger partial charge in [-0.15, -0.1) is 11.3 Å². The second-order valence-electron chi connectivity index (χ2n) is 5.95. The van der Waals surface area contributed by atoms with Crippen molar-refractivity contribution in [2.24, 2.45) is 0 Å². The van der Waals surface area contributed by atoms with Gasteiger partial charge in [0.25, 0.3) is 5.91 Å². The summed E-state index contributed by atoms with van der Waals surface area (Å²) in [7, 11) is 0. The van der Waals surface area contributed by atoms with Crippen LogP contribution in [0, 0.1) is 18.3 Å². The smallest absolute Gasteiger partial charge is 0.257 e. The topological polar surface area (TPSA) is 75.0 Å². The van der Waals surface area contributed by atoms with Crippen LogP contribution in [-0.4, -0.2) is 24.0 Å². The number of nitriles is 1. The lowest BCUT2D eigenvalue weighted by Gasteiger charge is -2.09. The molecule has 3 rings (SSSR count). The molecule has 27 heavy (non-hydrogen) atoms. The summed E-state index contributed by atoms with van der Waals surface area (Å²) in [5, 5.41) is 14.9. The number of carbonyl (C=O) groups is 1. The van der Waals surface area contributed by atoms with E-state index in [9.17, 15) is 4.79 Å². The van der Waals surface area contributed by atoms with Crippen LogP contribution in [0.25, 0.3) is 11.3 Å². The third-order valence-corrected chi connectivity index (χ3v) is 4.74. The highest BCUT2D eigenvalue weighted by Crippen LogP contribution is 2.21. The van der Waals surface area contributed by atoms with Crippen molar-refractivity contribution in [3.63, 3.8) is 0 Å². The van der Waals surface area contributed by atoms with Gasteiger partial charge in [0, 0.05) is 17.5 Å². The Labute approximate surface area is 162 Å². The molecule has 5 nitrogen and oxygen atoms in total. The number of thiazole rings is 1. The van der Waals surface area contributed by atoms with Gasteiger partial charge in [-0.05, 0) is 31.0 Å². The van der Waals surface area contributed by atoms with E-state index in [1.807, 2.05) is 25.1 Å². The molecule has 136 valence electrons. The molecular formula is C21H19N3O2S. The Bertz CT molecular complexity index is 958. The molecule has 1 N–H and O–H groups in total. The quantitative estimate of drug-likeness (QED) is 0.681. The lowest BCUT2D eigenvalue weighted by atomic mass is 10.1. The van der Waals surface area contributed by atoms with Crippen molar-refractivity contribution >= 4 is 17.2 Å². The number of ether oxygens (including phenoxy) is 1. The van der Waals surface area contributed by atoms with E-state index in [4.69, 9.17) is 10.00 Å². The third kappa shape index (κ3) is 5.16. The maximum Gasteiger partial charge on any atom is 0.257 e. The van der Waals surface area contributed by atoms with Crippen LogP contribution >= 0.6 is 11.3 Å². The zero-order valence-electron chi connectivity index (χ0n) is 14.9. The van der Waals surface area contributed by atoms with E-state index < -0.39 is 0 Å². The summed E-state index contributed by atoms with van der Waals surface area (Å²) in [6.07, 6.45) is 0.733. The Morgan fingerprint density at radius 3 is 2.70 bits per heavy atom. The van der Waals surface area contributed by atoms with Gasteiger partial charge in [0.05, 0.1) is 16.3 Å². The molecule has 1 aromatic heterocycles. The molecule has 0 aliphatic carbocycles. The van der Waals surface area contributed by atoms with E-state index in [0.717, 1.165) is 28.2 Å². The van der Waals surface area contributed by atoms with Gasteiger partial charge in [0.2, 0.25) is 0 Å². The predicted octanol–water partition coefficient (Wildman–Crippen LogP) is 3.73. The summed E-state index contributed by atoms with van der Waals surface area (Å²) in [6, 6.07) is 17.1. The minimum atomic E-state index is -0.211. The zero-order valence-corrected chi connectivity index (χ0v) is 15.8. The second-order valence-corrected chi connectivity index (χ2v) is 7.01. The minimum absolute atomic E-state index is 0.110. The first kappa shape index (κ1) is 18.6. The average Bonchev–Trinajstić information content (AvgIpc) is 3.13. The summed E-state index contributed by atoms with van der Waals surface area (Å²) in [5.41, 5.74) is 3.64. The number of nitrogens with one attached hydrogen (secondary N) is 1. The van der Waals surface area contributed by atoms with E-state index in [2.05, 4.69) is 27.8 Å². The molecule has 1 amide bonds. The molecule has 0 fully saturated rings. The SMILES string of the molecule is Cc1nc(-c2ccc(CCNC(=O)COc3ccccc3C#N)cc2)cs1. The van der Waals surface area contributed by atoms with Gasteiger partial charge < -0.3 is 10.1 Å². The fourth-order valence-electron chi connectivity index (χ4n) is 2.56. The maximum absolute atomic E-state index is 11.9. The average molecular weight is 377 g/mol. The molecule has 0 saturated heterocycles. The number of aromatic nitrogens is 1. The summed E-state index contributed by atoms with van der Waals surface area (Å²) < 4.78 is 5.42. The predicted molar refractivity (Wildman–Crippen MR) is 106 cm³/mol. The first-order valence-corrected chi connectivity index (χ1v) is 9.44. The summed E-state index contributed by atoms with van der Waals surface area (Å²) in [4.78, 5) is 16.4. The van der Waals surface area contributed by atoms with Crippen molar-refractivity contribution in [3.8, 4) is 23.1 Å². The van der Waals surface area contributed by atoms with Crippen LogP contribution in [-0.2, 0) is 11.2 Å². The van der Waals surface area contributed by atoms with Gasteiger partial charge >= 0.3 is 0 Å². The number of carbonyl (C=O) groups excluding carboxylic acids is 1. The van der Waals surface area contributed by atoms with Crippen molar-refractivity contribution in [1.82, 2.24) is 10.3 Å². The second kappa shape index (κ2) is 8.97. The highest BCUT2D eigenvalue weighted by molar-refractivity contribution is 7.09. The van der Waals surface area contributed by atoms with E-state index in [1.165, 1.54) is 0 Å². The summed E-state index contributed by atoms with van der Waals surface area (Å²) in [5.74, 6) is 0.209. The number of benzene rings is 2. The maximum atomic E-state index is 11.9. The van der Waals surface area contributed by atoms with Crippen molar-refractivity contribution in [2.75, 3.05) is 13.2 Å². The molecule has 0 atom stereocenters. The fourth-order valence-corrected chi connectivity index (χ4v) is 3.19. The highest BCUT2D eigenvalue weighted by atomic mass is 32.1. The van der Waals surface area contributed by atoms with Crippen LogP contribution in [0.2, 0.25) is 0 Å². The van der Waals surface area contributed by atoms with Crippen LogP contribution in [0.3, 0.4) is 0 Å². The van der Waals surface area contributed by atoms with Crippen molar-refractivity contribution in [3.05, 3.63) is 70.0 Å². The van der Waals surface area contributed by atoms with E-state index >= 15 is 0 Å². The van der Waals surface area contributed by atoms with Gasteiger partial charge in [-0.2, -0.15) is 5.26 Å². The Morgan fingerprint density at radius 1 is 1.22 bits per heavy atom. The zero-order chi connectivity index (χ0) is 19.1. The molecule has 0 unspecified atom stereocenters. The number of amides is 1. The molecule has 1 heterocycles. The first-order chi connectivity index (χ1) is 13.2. The molecule has 3 aromatic rings. The Hall–Kier alpha value is -3.17. The monoisotopic (exact) mass is 377 g/mol. The Balaban J connectivity index is 1.44. The summed E-state index contributed by atoms with van der Waals surface area (Å²) in [6.45, 7) is 2.41. The molecule has 2 aromatic carbocycles. The van der Waals surface area contributed by atoms with Crippen LogP contribution in [0.5, 0.6) is 5.75 Å². The fraction of sp³-hybridized carbons (Fsp3) is 0.190. The van der Waals surface area contributed by atoms with E-state index in [-0.39, 0.29) is 12.5 Å². The molecule has 0 aliphatic heterocycles. The van der Waals surface area contributed by atoms with Crippen molar-refractivity contribution in [1.29, 1.82) is 5.26 Å². The number of aryl methyl sites for hydroxylation is 1. The number of para-hydroxylation sites is 1. The lowest BCUT2D eigenvalue weighted by molar-refractivity contribution is -0.123. The van der Waals surface area contributed by atoms with Crippen LogP contribution < -0.4 is 10.1 Å². The molecule has 0 saturated carbocycles. The summed E-state index contributed by atoms with van der Waals surface area (Å²) >= 11 is 1.64. The van der Waals surface area contributed by atoms with Gasteiger partial charge in [-0.25, -0.2) is 4.98 Å². The van der Waals surface area contributed by atoms with Gasteiger partial charge in [0.15, 0.2) is 6.61 Å². The van der Waals surface area contributed by atoms with Crippen molar-refractivity contribution < 1.29 is 9.53 Å². The third-order valence-electron chi connectivity index (χ3n) is 3.97. The largest absolute Gasteiger partial charge is 0.482 e. The van der Waals surface area contributed by atoms with Gasteiger partial charge in [-0.3, -0.25) is 4.79 Å².